The fraction of sp³-hybridized carbons (Fsp3) is 0.919. The van der Waals surface area contributed by atoms with Gasteiger partial charge in [0.1, 0.15) is 0 Å². The van der Waals surface area contributed by atoms with E-state index in [9.17, 15) is 97.0 Å². The lowest BCUT2D eigenvalue weighted by Gasteiger charge is -2.50. The molecule has 36 heteroatoms. The highest BCUT2D eigenvalue weighted by molar-refractivity contribution is 6.92. The highest BCUT2D eigenvalue weighted by Crippen LogP contribution is 2.49. The summed E-state index contributed by atoms with van der Waals surface area (Å²) in [5.41, 5.74) is -10.1. The monoisotopic (exact) mass is 1200 g/mol. The van der Waals surface area contributed by atoms with Gasteiger partial charge in [-0.3, -0.25) is 0 Å². The summed E-state index contributed by atoms with van der Waals surface area (Å²) in [5.74, 6) is -40.5. The van der Waals surface area contributed by atoms with Gasteiger partial charge in [0.25, 0.3) is 38.3 Å². The quantitative estimate of drug-likeness (QED) is 0.0273. The van der Waals surface area contributed by atoms with Crippen LogP contribution in [0.3, 0.4) is 0 Å². The minimum absolute atomic E-state index is 0.541. The molecule has 8 nitrogen and oxygen atoms in total. The van der Waals surface area contributed by atoms with Crippen LogP contribution in [-0.2, 0) is 36.1 Å². The summed E-state index contributed by atoms with van der Waals surface area (Å²) in [6.07, 6.45) is -47.3. The molecule has 0 N–H and O–H groups in total. The lowest BCUT2D eigenvalue weighted by atomic mass is 10.1. The molecule has 0 aliphatic heterocycles. The van der Waals surface area contributed by atoms with Gasteiger partial charge in [0.05, 0.1) is 17.2 Å². The Labute approximate surface area is 407 Å². The average Bonchev–Trinajstić information content (AvgIpc) is 3.25. The fourth-order valence-electron chi connectivity index (χ4n) is 6.62. The van der Waals surface area contributed by atoms with Crippen LogP contribution in [0, 0.1) is 0 Å². The Hall–Kier alpha value is -1.84. The van der Waals surface area contributed by atoms with Crippen LogP contribution in [0.15, 0.2) is 12.2 Å². The van der Waals surface area contributed by atoms with Gasteiger partial charge in [-0.05, 0) is 71.9 Å². The molecule has 0 radical (unpaired) electrons. The molecule has 0 heterocycles. The van der Waals surface area contributed by atoms with E-state index in [1.54, 1.807) is 0 Å². The number of alkyl halides is 24. The van der Waals surface area contributed by atoms with Gasteiger partial charge in [-0.15, -0.1) is 0 Å². The molecule has 73 heavy (non-hydrogen) atoms. The minimum Gasteiger partial charge on any atom is -0.455 e. The van der Waals surface area contributed by atoms with Crippen LogP contribution < -0.4 is 0 Å². The summed E-state index contributed by atoms with van der Waals surface area (Å²) in [4.78, 5) is 13.2. The molecule has 0 aromatic rings. The second-order valence-electron chi connectivity index (χ2n) is 17.8. The zero-order valence-corrected chi connectivity index (χ0v) is 44.4. The molecule has 0 spiro atoms. The van der Waals surface area contributed by atoms with Gasteiger partial charge in [0, 0.05) is 5.57 Å². The van der Waals surface area contributed by atoms with Gasteiger partial charge in [-0.25, -0.2) is 57.5 Å². The molecule has 0 amide bonds. The molecule has 0 saturated heterocycles. The summed E-state index contributed by atoms with van der Waals surface area (Å²) < 4.78 is 378. The van der Waals surface area contributed by atoms with Crippen molar-refractivity contribution in [3.63, 3.8) is 0 Å². The highest BCUT2D eigenvalue weighted by atomic mass is 28.5. The first-order valence-corrected chi connectivity index (χ1v) is 32.1. The molecule has 436 valence electrons. The number of esters is 1. The fourth-order valence-corrected chi connectivity index (χ4v) is 25.2. The smallest absolute Gasteiger partial charge is 0.455 e. The molecule has 0 bridgehead atoms. The number of rotatable bonds is 34. The predicted molar refractivity (Wildman–Crippen MR) is 219 cm³/mol. The van der Waals surface area contributed by atoms with E-state index in [4.69, 9.17) is 17.1 Å². The van der Waals surface area contributed by atoms with E-state index < -0.39 is 186 Å². The van der Waals surface area contributed by atoms with Crippen molar-refractivity contribution in [1.29, 1.82) is 0 Å². The molecular weight excluding hydrogens is 1140 g/mol. The zero-order chi connectivity index (χ0) is 58.4. The Kier molecular flexibility index (Phi) is 25.1. The molecule has 0 aromatic carbocycles. The normalized spacial score (nSPS) is 19.5. The maximum absolute atomic E-state index is 15.3. The standard InChI is InChI=1S/C37H56F24O8Si4/c1-13-18(64-29(47)35(56,57)32(50,51)22(38)25(41)42)70(7,8)67-73(21(16-4)63-28(62)17(5)6,68-71(9,10)19(14-2)65-30(48)36(58,59)33(52,53)23(39)26(43)44)69-72(11,12)20(15-3)66-31(49)37(60,61)34(54,55)24(40)27(45)46/h18-27,29-31H,5,13-16H2,1-4,6-12H3. The summed E-state index contributed by atoms with van der Waals surface area (Å²) in [6.45, 7) is 12.8. The van der Waals surface area contributed by atoms with Crippen molar-refractivity contribution >= 4 is 39.7 Å². The molecule has 0 aliphatic rings. The predicted octanol–water partition coefficient (Wildman–Crippen LogP) is 13.5. The van der Waals surface area contributed by atoms with Crippen molar-refractivity contribution < 1.29 is 141 Å². The third-order valence-corrected chi connectivity index (χ3v) is 28.1. The Morgan fingerprint density at radius 3 is 0.781 bits per heavy atom. The number of hydrogen-bond donors (Lipinski definition) is 0. The second-order valence-corrected chi connectivity index (χ2v) is 33.6. The molecular formula is C37H56F24O8Si4. The number of hydrogen-bond acceptors (Lipinski definition) is 8. The van der Waals surface area contributed by atoms with Crippen molar-refractivity contribution in [2.45, 2.75) is 215 Å². The van der Waals surface area contributed by atoms with Crippen molar-refractivity contribution in [3.05, 3.63) is 12.2 Å². The van der Waals surface area contributed by atoms with E-state index in [-0.39, 0.29) is 0 Å². The minimum atomic E-state index is -6.53. The molecule has 0 saturated carbocycles. The van der Waals surface area contributed by atoms with E-state index >= 15 is 13.2 Å². The van der Waals surface area contributed by atoms with Crippen molar-refractivity contribution in [1.82, 2.24) is 0 Å². The van der Waals surface area contributed by atoms with Gasteiger partial charge in [0.2, 0.25) is 43.5 Å². The second kappa shape index (κ2) is 25.7. The van der Waals surface area contributed by atoms with E-state index in [0.717, 1.165) is 73.9 Å². The van der Waals surface area contributed by atoms with Gasteiger partial charge in [0.15, 0.2) is 5.73 Å². The SMILES string of the molecule is C=C(C)C(=O)OC(CC)[Si](O[Si](C)(C)C(CC)OC(F)C(F)(F)C(F)(F)C(F)C(F)F)(O[Si](C)(C)C(CC)OC(F)C(F)(F)C(F)(F)C(F)C(F)F)O[Si](C)(C)C(CC)OC(F)C(F)(F)C(F)(F)C(F)C(F)F. The first kappa shape index (κ1) is 71.2. The average molecular weight is 1200 g/mol. The van der Waals surface area contributed by atoms with Crippen molar-refractivity contribution in [2.75, 3.05) is 0 Å². The number of carbonyl (C=O) groups excluding carboxylic acids is 1. The summed E-state index contributed by atoms with van der Waals surface area (Å²) >= 11 is 0. The van der Waals surface area contributed by atoms with Crippen molar-refractivity contribution in [2.24, 2.45) is 0 Å². The van der Waals surface area contributed by atoms with Crippen LogP contribution in [0.1, 0.15) is 60.3 Å². The highest BCUT2D eigenvalue weighted by Gasteiger charge is 2.73. The third kappa shape index (κ3) is 15.9. The van der Waals surface area contributed by atoms with Crippen molar-refractivity contribution in [3.8, 4) is 0 Å². The Morgan fingerprint density at radius 1 is 0.411 bits per heavy atom. The molecule has 0 fully saturated rings. The van der Waals surface area contributed by atoms with Crippen LogP contribution in [0.5, 0.6) is 0 Å². The van der Waals surface area contributed by atoms with Gasteiger partial charge < -0.3 is 31.3 Å². The van der Waals surface area contributed by atoms with Crippen LogP contribution in [-0.4, -0.2) is 155 Å². The lowest BCUT2D eigenvalue weighted by molar-refractivity contribution is -0.323. The summed E-state index contributed by atoms with van der Waals surface area (Å²) in [6, 6.07) is 0. The summed E-state index contributed by atoms with van der Waals surface area (Å²) in [7, 11) is -20.8. The van der Waals surface area contributed by atoms with Crippen LogP contribution >= 0.6 is 0 Å². The first-order valence-electron chi connectivity index (χ1n) is 21.4. The number of ether oxygens (including phenoxy) is 4. The molecule has 10 atom stereocenters. The van der Waals surface area contributed by atoms with E-state index in [0.29, 0.717) is 0 Å². The van der Waals surface area contributed by atoms with Gasteiger partial charge in [-0.1, -0.05) is 34.3 Å². The first-order chi connectivity index (χ1) is 32.5. The maximum atomic E-state index is 15.3. The Balaban J connectivity index is 8.56. The molecule has 0 aromatic heterocycles. The zero-order valence-electron chi connectivity index (χ0n) is 40.4. The van der Waals surface area contributed by atoms with Crippen LogP contribution in [0.4, 0.5) is 105 Å². The molecule has 0 rings (SSSR count). The summed E-state index contributed by atoms with van der Waals surface area (Å²) in [5, 5.41) is 0. The maximum Gasteiger partial charge on any atom is 0.513 e. The van der Waals surface area contributed by atoms with E-state index in [2.05, 4.69) is 20.8 Å². The third-order valence-electron chi connectivity index (χ3n) is 10.8. The number of halogens is 24. The van der Waals surface area contributed by atoms with E-state index in [1.807, 2.05) is 0 Å². The molecule has 10 unspecified atom stereocenters. The van der Waals surface area contributed by atoms with Crippen LogP contribution in [0.25, 0.3) is 0 Å². The van der Waals surface area contributed by atoms with E-state index in [1.165, 1.54) is 0 Å². The Morgan fingerprint density at radius 2 is 0.616 bits per heavy atom. The Bertz CT molecular complexity index is 1590. The van der Waals surface area contributed by atoms with Crippen LogP contribution in [0.2, 0.25) is 39.3 Å². The lowest BCUT2D eigenvalue weighted by Crippen LogP contribution is -2.73. The molecule has 0 aliphatic carbocycles. The topological polar surface area (TPSA) is 81.7 Å². The van der Waals surface area contributed by atoms with Gasteiger partial charge in [-0.2, -0.15) is 52.7 Å². The number of carbonyl (C=O) groups is 1. The largest absolute Gasteiger partial charge is 0.513 e. The van der Waals surface area contributed by atoms with Gasteiger partial charge >= 0.3 is 50.3 Å².